The minimum atomic E-state index is -1.08. The van der Waals surface area contributed by atoms with Crippen LogP contribution in [0.25, 0.3) is 0 Å². The molecule has 1 aromatic carbocycles. The molecule has 4 N–H and O–H groups in total. The van der Waals surface area contributed by atoms with E-state index in [0.717, 1.165) is 0 Å². The summed E-state index contributed by atoms with van der Waals surface area (Å²) >= 11 is 0. The predicted octanol–water partition coefficient (Wildman–Crippen LogP) is 2.32. The van der Waals surface area contributed by atoms with Gasteiger partial charge in [-0.3, -0.25) is 4.79 Å². The van der Waals surface area contributed by atoms with Crippen molar-refractivity contribution in [3.05, 3.63) is 29.8 Å². The van der Waals surface area contributed by atoms with Crippen molar-refractivity contribution in [3.63, 3.8) is 0 Å². The highest BCUT2D eigenvalue weighted by atomic mass is 33.1. The summed E-state index contributed by atoms with van der Waals surface area (Å²) in [6.45, 7) is 3.43. The minimum Gasteiger partial charge on any atom is -0.480 e. The van der Waals surface area contributed by atoms with Crippen molar-refractivity contribution in [1.82, 2.24) is 0 Å². The highest BCUT2D eigenvalue weighted by molar-refractivity contribution is 8.77. The topological polar surface area (TPSA) is 101 Å². The Labute approximate surface area is 119 Å². The van der Waals surface area contributed by atoms with Gasteiger partial charge in [0.25, 0.3) is 0 Å². The fourth-order valence-corrected chi connectivity index (χ4v) is 3.77. The van der Waals surface area contributed by atoms with E-state index in [9.17, 15) is 9.59 Å². The van der Waals surface area contributed by atoms with Gasteiger partial charge in [0.2, 0.25) is 0 Å². The second-order valence-electron chi connectivity index (χ2n) is 4.39. The molecule has 7 heteroatoms. The van der Waals surface area contributed by atoms with Crippen LogP contribution in [0.2, 0.25) is 0 Å². The first-order valence-electron chi connectivity index (χ1n) is 5.42. The van der Waals surface area contributed by atoms with Crippen molar-refractivity contribution < 1.29 is 19.8 Å². The fourth-order valence-electron chi connectivity index (χ4n) is 1.22. The number of hydrogen-bond donors (Lipinski definition) is 3. The van der Waals surface area contributed by atoms with Crippen LogP contribution in [0.3, 0.4) is 0 Å². The molecule has 0 aliphatic carbocycles. The Kier molecular flexibility index (Phi) is 5.28. The molecule has 0 amide bonds. The van der Waals surface area contributed by atoms with Crippen molar-refractivity contribution in [2.75, 3.05) is 0 Å². The molecule has 0 aliphatic rings. The van der Waals surface area contributed by atoms with Crippen LogP contribution in [0.1, 0.15) is 24.2 Å². The van der Waals surface area contributed by atoms with Crippen molar-refractivity contribution in [3.8, 4) is 0 Å². The lowest BCUT2D eigenvalue weighted by Crippen LogP contribution is -2.46. The van der Waals surface area contributed by atoms with Gasteiger partial charge in [-0.1, -0.05) is 33.7 Å². The van der Waals surface area contributed by atoms with E-state index in [1.54, 1.807) is 32.0 Å². The van der Waals surface area contributed by atoms with E-state index >= 15 is 0 Å². The second-order valence-corrected chi connectivity index (χ2v) is 7.21. The third-order valence-electron chi connectivity index (χ3n) is 2.48. The van der Waals surface area contributed by atoms with Gasteiger partial charge in [0.1, 0.15) is 6.04 Å². The highest BCUT2D eigenvalue weighted by Gasteiger charge is 2.33. The van der Waals surface area contributed by atoms with E-state index in [0.29, 0.717) is 4.90 Å². The molecule has 1 unspecified atom stereocenters. The minimum absolute atomic E-state index is 0.194. The van der Waals surface area contributed by atoms with Gasteiger partial charge in [-0.15, -0.1) is 0 Å². The molecular weight excluding hydrogens is 286 g/mol. The lowest BCUT2D eigenvalue weighted by molar-refractivity contribution is -0.139. The van der Waals surface area contributed by atoms with Crippen LogP contribution < -0.4 is 5.73 Å². The Bertz CT molecular complexity index is 490. The van der Waals surface area contributed by atoms with E-state index in [1.165, 1.54) is 27.7 Å². The molecule has 1 atom stereocenters. The molecule has 0 heterocycles. The second kappa shape index (κ2) is 6.31. The van der Waals surface area contributed by atoms with Crippen LogP contribution in [-0.2, 0) is 4.79 Å². The monoisotopic (exact) mass is 301 g/mol. The van der Waals surface area contributed by atoms with Gasteiger partial charge < -0.3 is 15.9 Å². The van der Waals surface area contributed by atoms with Gasteiger partial charge >= 0.3 is 11.9 Å². The van der Waals surface area contributed by atoms with Crippen LogP contribution in [0.4, 0.5) is 0 Å². The number of nitrogens with two attached hydrogens (primary N) is 1. The largest absolute Gasteiger partial charge is 0.480 e. The molecular formula is C12H15NO4S2. The third-order valence-corrected chi connectivity index (χ3v) is 5.86. The smallest absolute Gasteiger partial charge is 0.336 e. The zero-order valence-electron chi connectivity index (χ0n) is 10.5. The van der Waals surface area contributed by atoms with Gasteiger partial charge in [-0.25, -0.2) is 4.79 Å². The predicted molar refractivity (Wildman–Crippen MR) is 76.5 cm³/mol. The molecule has 5 nitrogen and oxygen atoms in total. The Balaban J connectivity index is 2.82. The molecule has 0 aromatic heterocycles. The van der Waals surface area contributed by atoms with Crippen LogP contribution in [0.5, 0.6) is 0 Å². The first kappa shape index (κ1) is 15.9. The van der Waals surface area contributed by atoms with Gasteiger partial charge in [0.05, 0.1) is 5.56 Å². The van der Waals surface area contributed by atoms with Gasteiger partial charge in [-0.2, -0.15) is 0 Å². The number of carboxylic acid groups (broad SMARTS) is 2. The summed E-state index contributed by atoms with van der Waals surface area (Å²) in [5.74, 6) is -2.09. The molecule has 0 aliphatic heterocycles. The molecule has 104 valence electrons. The summed E-state index contributed by atoms with van der Waals surface area (Å²) in [5.41, 5.74) is 5.80. The number of carboxylic acids is 2. The molecule has 1 aromatic rings. The Morgan fingerprint density at radius 3 is 2.37 bits per heavy atom. The molecule has 19 heavy (non-hydrogen) atoms. The maximum absolute atomic E-state index is 11.0. The average Bonchev–Trinajstić information content (AvgIpc) is 2.35. The van der Waals surface area contributed by atoms with Crippen LogP contribution >= 0.6 is 21.6 Å². The third kappa shape index (κ3) is 4.15. The van der Waals surface area contributed by atoms with E-state index in [2.05, 4.69) is 0 Å². The Morgan fingerprint density at radius 2 is 1.84 bits per heavy atom. The van der Waals surface area contributed by atoms with Gasteiger partial charge in [-0.05, 0) is 26.0 Å². The molecule has 0 bridgehead atoms. The normalized spacial score (nSPS) is 13.0. The maximum Gasteiger partial charge on any atom is 0.336 e. The number of hydrogen-bond acceptors (Lipinski definition) is 5. The van der Waals surface area contributed by atoms with E-state index in [-0.39, 0.29) is 5.56 Å². The SMILES string of the molecule is CC(C)(SSc1ccccc1C(=O)O)C(N)C(=O)O. The first-order chi connectivity index (χ1) is 8.75. The van der Waals surface area contributed by atoms with E-state index < -0.39 is 22.7 Å². The quantitative estimate of drug-likeness (QED) is 0.693. The summed E-state index contributed by atoms with van der Waals surface area (Å²) in [7, 11) is 2.47. The molecule has 0 saturated heterocycles. The van der Waals surface area contributed by atoms with Crippen molar-refractivity contribution in [2.24, 2.45) is 5.73 Å². The summed E-state index contributed by atoms with van der Waals surface area (Å²) in [6.07, 6.45) is 0. The van der Waals surface area contributed by atoms with E-state index in [4.69, 9.17) is 15.9 Å². The summed E-state index contributed by atoms with van der Waals surface area (Å²) in [6, 6.07) is 5.55. The Morgan fingerprint density at radius 1 is 1.26 bits per heavy atom. The average molecular weight is 301 g/mol. The van der Waals surface area contributed by atoms with Gasteiger partial charge in [0.15, 0.2) is 0 Å². The molecule has 1 rings (SSSR count). The lowest BCUT2D eigenvalue weighted by atomic mass is 10.1. The summed E-state index contributed by atoms with van der Waals surface area (Å²) in [4.78, 5) is 22.5. The summed E-state index contributed by atoms with van der Waals surface area (Å²) < 4.78 is -0.720. The van der Waals surface area contributed by atoms with Crippen LogP contribution in [0.15, 0.2) is 29.2 Å². The number of benzene rings is 1. The number of rotatable bonds is 6. The zero-order valence-corrected chi connectivity index (χ0v) is 12.1. The van der Waals surface area contributed by atoms with Gasteiger partial charge in [0, 0.05) is 9.64 Å². The fraction of sp³-hybridized carbons (Fsp3) is 0.333. The lowest BCUT2D eigenvalue weighted by Gasteiger charge is -2.27. The first-order valence-corrected chi connectivity index (χ1v) is 7.57. The van der Waals surface area contributed by atoms with Crippen LogP contribution in [-0.4, -0.2) is 32.9 Å². The van der Waals surface area contributed by atoms with Crippen molar-refractivity contribution in [1.29, 1.82) is 0 Å². The molecule has 0 radical (unpaired) electrons. The number of aromatic carboxylic acids is 1. The molecule has 0 spiro atoms. The zero-order chi connectivity index (χ0) is 14.6. The molecule has 0 saturated carbocycles. The maximum atomic E-state index is 11.0. The van der Waals surface area contributed by atoms with Crippen molar-refractivity contribution >= 4 is 33.5 Å². The van der Waals surface area contributed by atoms with E-state index in [1.807, 2.05) is 0 Å². The standard InChI is InChI=1S/C12H15NO4S2/c1-12(2,9(13)11(16)17)19-18-8-6-4-3-5-7(8)10(14)15/h3-6,9H,13H2,1-2H3,(H,14,15)(H,16,17). The molecule has 0 fully saturated rings. The highest BCUT2D eigenvalue weighted by Crippen LogP contribution is 2.43. The van der Waals surface area contributed by atoms with Crippen molar-refractivity contribution in [2.45, 2.75) is 29.5 Å². The number of carbonyl (C=O) groups is 2. The number of aliphatic carboxylic acids is 1. The Hall–Kier alpha value is -1.18. The van der Waals surface area contributed by atoms with Crippen LogP contribution in [0, 0.1) is 0 Å². The summed E-state index contributed by atoms with van der Waals surface area (Å²) in [5, 5.41) is 18.0.